The maximum absolute atomic E-state index is 10.1. The lowest BCUT2D eigenvalue weighted by Gasteiger charge is -1.90. The molecule has 13 heavy (non-hydrogen) atoms. The summed E-state index contributed by atoms with van der Waals surface area (Å²) in [4.78, 5) is 9.62. The molecule has 0 aliphatic rings. The molecule has 5 heteroatoms. The van der Waals surface area contributed by atoms with Gasteiger partial charge in [-0.25, -0.2) is 0 Å². The van der Waals surface area contributed by atoms with E-state index in [4.69, 9.17) is 11.5 Å². The van der Waals surface area contributed by atoms with E-state index in [9.17, 15) is 10.1 Å². The van der Waals surface area contributed by atoms with Gasteiger partial charge in [0.1, 0.15) is 0 Å². The van der Waals surface area contributed by atoms with Crippen LogP contribution in [0.4, 0.5) is 11.4 Å². The number of nitro groups is 1. The zero-order valence-electron chi connectivity index (χ0n) is 7.43. The van der Waals surface area contributed by atoms with Crippen molar-refractivity contribution in [3.63, 3.8) is 0 Å². The molecule has 0 amide bonds. The Bertz CT molecular complexity index is 259. The molecule has 0 bridgehead atoms. The Morgan fingerprint density at radius 3 is 2.08 bits per heavy atom. The van der Waals surface area contributed by atoms with Gasteiger partial charge in [-0.15, -0.1) is 0 Å². The second-order valence-corrected chi connectivity index (χ2v) is 2.26. The first-order valence-corrected chi connectivity index (χ1v) is 3.81. The van der Waals surface area contributed by atoms with Crippen molar-refractivity contribution in [1.29, 1.82) is 0 Å². The Balaban J connectivity index is 0.000000424. The highest BCUT2D eigenvalue weighted by atomic mass is 16.6. The lowest BCUT2D eigenvalue weighted by molar-refractivity contribution is -0.384. The van der Waals surface area contributed by atoms with Gasteiger partial charge in [-0.1, -0.05) is 6.92 Å². The summed E-state index contributed by atoms with van der Waals surface area (Å²) in [6.07, 6.45) is 0. The van der Waals surface area contributed by atoms with Crippen molar-refractivity contribution >= 4 is 11.4 Å². The van der Waals surface area contributed by atoms with E-state index in [0.717, 1.165) is 6.54 Å². The van der Waals surface area contributed by atoms with E-state index < -0.39 is 4.92 Å². The van der Waals surface area contributed by atoms with Gasteiger partial charge >= 0.3 is 0 Å². The highest BCUT2D eigenvalue weighted by Gasteiger charge is 2.00. The Kier molecular flexibility index (Phi) is 5.22. The monoisotopic (exact) mass is 183 g/mol. The number of hydrogen-bond donors (Lipinski definition) is 2. The van der Waals surface area contributed by atoms with E-state index in [2.05, 4.69) is 0 Å². The molecule has 0 spiro atoms. The Hall–Kier alpha value is -1.62. The van der Waals surface area contributed by atoms with Crippen molar-refractivity contribution in [3.05, 3.63) is 34.4 Å². The maximum atomic E-state index is 10.1. The normalized spacial score (nSPS) is 8.46. The molecule has 1 aromatic rings. The van der Waals surface area contributed by atoms with Crippen LogP contribution < -0.4 is 11.5 Å². The Morgan fingerprint density at radius 1 is 1.38 bits per heavy atom. The SMILES string of the molecule is CCN.Nc1ccc([N+](=O)[O-])cc1. The van der Waals surface area contributed by atoms with Gasteiger partial charge < -0.3 is 11.5 Å². The Morgan fingerprint density at radius 2 is 1.77 bits per heavy atom. The average molecular weight is 183 g/mol. The van der Waals surface area contributed by atoms with Crippen LogP contribution in [-0.2, 0) is 0 Å². The number of nitrogens with two attached hydrogens (primary N) is 2. The minimum absolute atomic E-state index is 0.0641. The summed E-state index contributed by atoms with van der Waals surface area (Å²) in [5, 5.41) is 10.1. The molecule has 0 heterocycles. The Labute approximate surface area is 76.5 Å². The van der Waals surface area contributed by atoms with Crippen LogP contribution in [-0.4, -0.2) is 11.5 Å². The zero-order chi connectivity index (χ0) is 10.3. The van der Waals surface area contributed by atoms with Crippen LogP contribution in [0.1, 0.15) is 6.92 Å². The lowest BCUT2D eigenvalue weighted by Crippen LogP contribution is -1.88. The van der Waals surface area contributed by atoms with Crippen LogP contribution in [0, 0.1) is 10.1 Å². The fraction of sp³-hybridized carbons (Fsp3) is 0.250. The fourth-order valence-corrected chi connectivity index (χ4v) is 0.596. The number of anilines is 1. The predicted octanol–water partition coefficient (Wildman–Crippen LogP) is 1.14. The zero-order valence-corrected chi connectivity index (χ0v) is 7.43. The molecule has 0 aromatic heterocycles. The highest BCUT2D eigenvalue weighted by molar-refractivity contribution is 5.44. The van der Waals surface area contributed by atoms with Crippen LogP contribution in [0.3, 0.4) is 0 Å². The smallest absolute Gasteiger partial charge is 0.269 e. The van der Waals surface area contributed by atoms with Crippen molar-refractivity contribution in [1.82, 2.24) is 0 Å². The van der Waals surface area contributed by atoms with Crippen molar-refractivity contribution in [2.24, 2.45) is 5.73 Å². The number of nitro benzene ring substituents is 1. The first-order chi connectivity index (χ1) is 6.11. The molecule has 0 aliphatic carbocycles. The lowest BCUT2D eigenvalue weighted by atomic mass is 10.3. The topological polar surface area (TPSA) is 95.2 Å². The standard InChI is InChI=1S/C6H6N2O2.C2H7N/c7-5-1-3-6(4-2-5)8(9)10;1-2-3/h1-4H,7H2;2-3H2,1H3. The molecular weight excluding hydrogens is 170 g/mol. The predicted molar refractivity (Wildman–Crippen MR) is 52.2 cm³/mol. The van der Waals surface area contributed by atoms with E-state index in [-0.39, 0.29) is 5.69 Å². The average Bonchev–Trinajstić information content (AvgIpc) is 2.06. The highest BCUT2D eigenvalue weighted by Crippen LogP contribution is 2.11. The third-order valence-electron chi connectivity index (χ3n) is 1.10. The molecule has 0 saturated carbocycles. The molecule has 0 saturated heterocycles. The van der Waals surface area contributed by atoms with E-state index in [1.807, 2.05) is 6.92 Å². The number of non-ortho nitro benzene ring substituents is 1. The van der Waals surface area contributed by atoms with E-state index in [0.29, 0.717) is 5.69 Å². The second kappa shape index (κ2) is 5.96. The summed E-state index contributed by atoms with van der Waals surface area (Å²) in [6.45, 7) is 2.65. The van der Waals surface area contributed by atoms with Crippen LogP contribution in [0.5, 0.6) is 0 Å². The van der Waals surface area contributed by atoms with Crippen LogP contribution >= 0.6 is 0 Å². The molecule has 5 nitrogen and oxygen atoms in total. The van der Waals surface area contributed by atoms with Crippen LogP contribution in [0.25, 0.3) is 0 Å². The van der Waals surface area contributed by atoms with Crippen LogP contribution in [0.15, 0.2) is 24.3 Å². The molecule has 72 valence electrons. The molecule has 0 atom stereocenters. The van der Waals surface area contributed by atoms with Crippen molar-refractivity contribution < 1.29 is 4.92 Å². The quantitative estimate of drug-likeness (QED) is 0.387. The van der Waals surface area contributed by atoms with Crippen molar-refractivity contribution in [2.75, 3.05) is 12.3 Å². The number of nitrogens with zero attached hydrogens (tertiary/aromatic N) is 1. The number of hydrogen-bond acceptors (Lipinski definition) is 4. The number of benzene rings is 1. The van der Waals surface area contributed by atoms with Crippen molar-refractivity contribution in [2.45, 2.75) is 6.92 Å². The minimum atomic E-state index is -0.459. The molecule has 0 fully saturated rings. The number of rotatable bonds is 1. The molecule has 0 aliphatic heterocycles. The third-order valence-corrected chi connectivity index (χ3v) is 1.10. The van der Waals surface area contributed by atoms with E-state index in [1.165, 1.54) is 24.3 Å². The van der Waals surface area contributed by atoms with Gasteiger partial charge in [0.05, 0.1) is 4.92 Å². The van der Waals surface area contributed by atoms with Crippen LogP contribution in [0.2, 0.25) is 0 Å². The summed E-state index contributed by atoms with van der Waals surface area (Å²) in [5.41, 5.74) is 10.7. The van der Waals surface area contributed by atoms with Gasteiger partial charge in [0.15, 0.2) is 0 Å². The van der Waals surface area contributed by atoms with Gasteiger partial charge in [-0.05, 0) is 18.7 Å². The summed E-state index contributed by atoms with van der Waals surface area (Å²) >= 11 is 0. The molecule has 1 rings (SSSR count). The third kappa shape index (κ3) is 4.76. The molecule has 0 radical (unpaired) electrons. The first kappa shape index (κ1) is 11.4. The molecule has 1 aromatic carbocycles. The second-order valence-electron chi connectivity index (χ2n) is 2.26. The molecule has 0 unspecified atom stereocenters. The van der Waals surface area contributed by atoms with Crippen molar-refractivity contribution in [3.8, 4) is 0 Å². The van der Waals surface area contributed by atoms with Gasteiger partial charge in [0.2, 0.25) is 0 Å². The summed E-state index contributed by atoms with van der Waals surface area (Å²) in [5.74, 6) is 0. The van der Waals surface area contributed by atoms with Gasteiger partial charge in [-0.3, -0.25) is 10.1 Å². The first-order valence-electron chi connectivity index (χ1n) is 3.81. The van der Waals surface area contributed by atoms with E-state index >= 15 is 0 Å². The molecular formula is C8H13N3O2. The fourth-order valence-electron chi connectivity index (χ4n) is 0.596. The summed E-state index contributed by atoms with van der Waals surface area (Å²) in [6, 6.07) is 5.74. The van der Waals surface area contributed by atoms with E-state index in [1.54, 1.807) is 0 Å². The summed E-state index contributed by atoms with van der Waals surface area (Å²) < 4.78 is 0. The minimum Gasteiger partial charge on any atom is -0.399 e. The maximum Gasteiger partial charge on any atom is 0.269 e. The molecule has 4 N–H and O–H groups in total. The summed E-state index contributed by atoms with van der Waals surface area (Å²) in [7, 11) is 0. The van der Waals surface area contributed by atoms with Gasteiger partial charge in [0, 0.05) is 17.8 Å². The number of nitrogen functional groups attached to an aromatic ring is 1. The van der Waals surface area contributed by atoms with Gasteiger partial charge in [-0.2, -0.15) is 0 Å². The largest absolute Gasteiger partial charge is 0.399 e. The van der Waals surface area contributed by atoms with Gasteiger partial charge in [0.25, 0.3) is 5.69 Å².